The van der Waals surface area contributed by atoms with Gasteiger partial charge in [0.05, 0.1) is 25.4 Å². The zero-order chi connectivity index (χ0) is 16.8. The van der Waals surface area contributed by atoms with Gasteiger partial charge in [0.2, 0.25) is 0 Å². The van der Waals surface area contributed by atoms with Crippen LogP contribution in [0.2, 0.25) is 0 Å². The third-order valence-corrected chi connectivity index (χ3v) is 4.20. The maximum atomic E-state index is 12.2. The van der Waals surface area contributed by atoms with Gasteiger partial charge in [-0.15, -0.1) is 0 Å². The quantitative estimate of drug-likeness (QED) is 0.795. The van der Waals surface area contributed by atoms with Crippen molar-refractivity contribution in [3.05, 3.63) is 71.8 Å². The Kier molecular flexibility index (Phi) is 5.75. The van der Waals surface area contributed by atoms with E-state index in [1.807, 2.05) is 48.5 Å². The standard InChI is InChI=1S/C20H22O4/c21-18(16-9-5-2-6-10-16)11-17-12-19(22)20(24-17)14-23-13-15-7-3-1-4-8-15/h1-10,17,19-20,22H,11-14H2/t17?,19-,20+/m0/s1. The fourth-order valence-corrected chi connectivity index (χ4v) is 2.91. The second-order valence-corrected chi connectivity index (χ2v) is 6.09. The number of benzene rings is 2. The topological polar surface area (TPSA) is 55.8 Å². The molecule has 0 aromatic heterocycles. The number of aliphatic hydroxyl groups is 1. The molecule has 3 rings (SSSR count). The summed E-state index contributed by atoms with van der Waals surface area (Å²) in [7, 11) is 0. The van der Waals surface area contributed by atoms with Crippen LogP contribution >= 0.6 is 0 Å². The van der Waals surface area contributed by atoms with Gasteiger partial charge in [-0.05, 0) is 5.56 Å². The molecule has 1 aliphatic rings. The van der Waals surface area contributed by atoms with Gasteiger partial charge in [-0.25, -0.2) is 0 Å². The molecule has 126 valence electrons. The lowest BCUT2D eigenvalue weighted by atomic mass is 10.0. The van der Waals surface area contributed by atoms with Crippen molar-refractivity contribution in [2.75, 3.05) is 6.61 Å². The molecule has 4 nitrogen and oxygen atoms in total. The average molecular weight is 326 g/mol. The summed E-state index contributed by atoms with van der Waals surface area (Å²) in [6, 6.07) is 19.0. The van der Waals surface area contributed by atoms with E-state index in [1.54, 1.807) is 12.1 Å². The smallest absolute Gasteiger partial charge is 0.165 e. The molecule has 0 bridgehead atoms. The van der Waals surface area contributed by atoms with Crippen LogP contribution in [0.1, 0.15) is 28.8 Å². The Morgan fingerprint density at radius 3 is 2.46 bits per heavy atom. The fraction of sp³-hybridized carbons (Fsp3) is 0.350. The van der Waals surface area contributed by atoms with Crippen molar-refractivity contribution in [2.24, 2.45) is 0 Å². The fourth-order valence-electron chi connectivity index (χ4n) is 2.91. The summed E-state index contributed by atoms with van der Waals surface area (Å²) in [6.07, 6.45) is -0.455. The molecule has 1 unspecified atom stereocenters. The van der Waals surface area contributed by atoms with Gasteiger partial charge >= 0.3 is 0 Å². The lowest BCUT2D eigenvalue weighted by Crippen LogP contribution is -2.26. The molecule has 1 saturated heterocycles. The highest BCUT2D eigenvalue weighted by Gasteiger charge is 2.35. The van der Waals surface area contributed by atoms with Crippen LogP contribution in [0.25, 0.3) is 0 Å². The molecular formula is C20H22O4. The summed E-state index contributed by atoms with van der Waals surface area (Å²) < 4.78 is 11.5. The van der Waals surface area contributed by atoms with Crippen molar-refractivity contribution in [2.45, 2.75) is 37.8 Å². The van der Waals surface area contributed by atoms with E-state index >= 15 is 0 Å². The molecular weight excluding hydrogens is 304 g/mol. The number of hydrogen-bond acceptors (Lipinski definition) is 4. The molecule has 24 heavy (non-hydrogen) atoms. The number of ether oxygens (including phenoxy) is 2. The first-order valence-electron chi connectivity index (χ1n) is 8.26. The van der Waals surface area contributed by atoms with Crippen LogP contribution in [0.5, 0.6) is 0 Å². The van der Waals surface area contributed by atoms with Gasteiger partial charge in [0.25, 0.3) is 0 Å². The second kappa shape index (κ2) is 8.20. The summed E-state index contributed by atoms with van der Waals surface area (Å²) in [4.78, 5) is 12.2. The zero-order valence-corrected chi connectivity index (χ0v) is 13.5. The first-order chi connectivity index (χ1) is 11.7. The van der Waals surface area contributed by atoms with E-state index in [9.17, 15) is 9.90 Å². The highest BCUT2D eigenvalue weighted by molar-refractivity contribution is 5.96. The Hall–Kier alpha value is -2.01. The predicted molar refractivity (Wildman–Crippen MR) is 90.8 cm³/mol. The molecule has 0 amide bonds. The Morgan fingerprint density at radius 2 is 1.75 bits per heavy atom. The molecule has 1 N–H and O–H groups in total. The van der Waals surface area contributed by atoms with Crippen molar-refractivity contribution in [3.8, 4) is 0 Å². The molecule has 1 heterocycles. The van der Waals surface area contributed by atoms with Crippen molar-refractivity contribution in [1.82, 2.24) is 0 Å². The Morgan fingerprint density at radius 1 is 1.08 bits per heavy atom. The van der Waals surface area contributed by atoms with Gasteiger partial charge in [0.1, 0.15) is 6.10 Å². The van der Waals surface area contributed by atoms with Crippen LogP contribution in [0.15, 0.2) is 60.7 Å². The van der Waals surface area contributed by atoms with Gasteiger partial charge in [-0.3, -0.25) is 4.79 Å². The maximum Gasteiger partial charge on any atom is 0.165 e. The maximum absolute atomic E-state index is 12.2. The molecule has 1 fully saturated rings. The SMILES string of the molecule is O=C(CC1C[C@H](O)[C@@H](COCc2ccccc2)O1)c1ccccc1. The number of Topliss-reactive ketones (excluding diaryl/α,β-unsaturated/α-hetero) is 1. The van der Waals surface area contributed by atoms with E-state index in [-0.39, 0.29) is 24.4 Å². The second-order valence-electron chi connectivity index (χ2n) is 6.09. The minimum atomic E-state index is -0.589. The molecule has 0 radical (unpaired) electrons. The molecule has 3 atom stereocenters. The lowest BCUT2D eigenvalue weighted by molar-refractivity contribution is -0.0481. The number of carbonyl (C=O) groups is 1. The first kappa shape index (κ1) is 16.8. The van der Waals surface area contributed by atoms with E-state index in [0.717, 1.165) is 5.56 Å². The zero-order valence-electron chi connectivity index (χ0n) is 13.5. The summed E-state index contributed by atoms with van der Waals surface area (Å²) >= 11 is 0. The van der Waals surface area contributed by atoms with Crippen LogP contribution < -0.4 is 0 Å². The highest BCUT2D eigenvalue weighted by atomic mass is 16.6. The van der Waals surface area contributed by atoms with Crippen molar-refractivity contribution in [3.63, 3.8) is 0 Å². The predicted octanol–water partition coefficient (Wildman–Crippen LogP) is 2.99. The van der Waals surface area contributed by atoms with Gasteiger partial charge in [-0.1, -0.05) is 60.7 Å². The van der Waals surface area contributed by atoms with E-state index in [1.165, 1.54) is 0 Å². The third-order valence-electron chi connectivity index (χ3n) is 4.20. The molecule has 1 aliphatic heterocycles. The average Bonchev–Trinajstić information content (AvgIpc) is 2.96. The summed E-state index contributed by atoms with van der Waals surface area (Å²) in [6.45, 7) is 0.813. The number of hydrogen-bond donors (Lipinski definition) is 1. The van der Waals surface area contributed by atoms with Gasteiger partial charge in [-0.2, -0.15) is 0 Å². The first-order valence-corrected chi connectivity index (χ1v) is 8.26. The van der Waals surface area contributed by atoms with Crippen LogP contribution in [0.4, 0.5) is 0 Å². The Labute approximate surface area is 142 Å². The van der Waals surface area contributed by atoms with E-state index < -0.39 is 6.10 Å². The number of carbonyl (C=O) groups excluding carboxylic acids is 1. The van der Waals surface area contributed by atoms with E-state index in [2.05, 4.69) is 0 Å². The molecule has 0 aliphatic carbocycles. The molecule has 2 aromatic carbocycles. The molecule has 0 saturated carbocycles. The van der Waals surface area contributed by atoms with Crippen molar-refractivity contribution >= 4 is 5.78 Å². The lowest BCUT2D eigenvalue weighted by Gasteiger charge is -2.15. The van der Waals surface area contributed by atoms with E-state index in [4.69, 9.17) is 9.47 Å². The molecule has 4 heteroatoms. The molecule has 2 aromatic rings. The number of ketones is 1. The van der Waals surface area contributed by atoms with Crippen molar-refractivity contribution < 1.29 is 19.4 Å². The van der Waals surface area contributed by atoms with Crippen LogP contribution in [0.3, 0.4) is 0 Å². The largest absolute Gasteiger partial charge is 0.390 e. The summed E-state index contributed by atoms with van der Waals surface area (Å²) in [5, 5.41) is 10.1. The highest BCUT2D eigenvalue weighted by Crippen LogP contribution is 2.24. The molecule has 0 spiro atoms. The number of aliphatic hydroxyl groups excluding tert-OH is 1. The van der Waals surface area contributed by atoms with Crippen LogP contribution in [-0.4, -0.2) is 35.8 Å². The minimum Gasteiger partial charge on any atom is -0.390 e. The van der Waals surface area contributed by atoms with Gasteiger partial charge in [0.15, 0.2) is 5.78 Å². The van der Waals surface area contributed by atoms with Crippen molar-refractivity contribution in [1.29, 1.82) is 0 Å². The summed E-state index contributed by atoms with van der Waals surface area (Å²) in [5.41, 5.74) is 1.76. The monoisotopic (exact) mass is 326 g/mol. The van der Waals surface area contributed by atoms with Gasteiger partial charge < -0.3 is 14.6 Å². The van der Waals surface area contributed by atoms with E-state index in [0.29, 0.717) is 25.2 Å². The van der Waals surface area contributed by atoms with Gasteiger partial charge in [0, 0.05) is 18.4 Å². The van der Waals surface area contributed by atoms with Crippen LogP contribution in [0, 0.1) is 0 Å². The minimum absolute atomic E-state index is 0.0404. The summed E-state index contributed by atoms with van der Waals surface area (Å²) in [5.74, 6) is 0.0404. The normalized spacial score (nSPS) is 23.3. The Balaban J connectivity index is 1.45. The Bertz CT molecular complexity index is 641. The third kappa shape index (κ3) is 4.51. The van der Waals surface area contributed by atoms with Crippen LogP contribution in [-0.2, 0) is 16.1 Å². The number of rotatable bonds is 7.